The molecule has 5 heteroatoms. The van der Waals surface area contributed by atoms with Gasteiger partial charge in [-0.15, -0.1) is 0 Å². The summed E-state index contributed by atoms with van der Waals surface area (Å²) in [4.78, 5) is 34.8. The molecule has 0 atom stereocenters. The number of hydrogen-bond acceptors (Lipinski definition) is 3. The summed E-state index contributed by atoms with van der Waals surface area (Å²) < 4.78 is 0. The summed E-state index contributed by atoms with van der Waals surface area (Å²) in [7, 11) is 0. The molecule has 1 aliphatic carbocycles. The van der Waals surface area contributed by atoms with Gasteiger partial charge in [0.25, 0.3) is 0 Å². The number of amides is 4. The zero-order valence-corrected chi connectivity index (χ0v) is 12.2. The van der Waals surface area contributed by atoms with Crippen LogP contribution in [0.1, 0.15) is 37.0 Å². The van der Waals surface area contributed by atoms with Gasteiger partial charge in [0.2, 0.25) is 11.8 Å². The van der Waals surface area contributed by atoms with E-state index in [0.29, 0.717) is 6.42 Å². The molecule has 110 valence electrons. The lowest BCUT2D eigenvalue weighted by atomic mass is 9.85. The molecule has 4 amide bonds. The van der Waals surface area contributed by atoms with E-state index in [0.717, 1.165) is 18.4 Å². The number of fused-ring (bicyclic) bond motifs is 1. The number of urea groups is 1. The first kappa shape index (κ1) is 13.8. The molecule has 1 fully saturated rings. The second kappa shape index (κ2) is 4.69. The molecule has 0 saturated carbocycles. The van der Waals surface area contributed by atoms with E-state index in [4.69, 9.17) is 0 Å². The van der Waals surface area contributed by atoms with Gasteiger partial charge in [-0.3, -0.25) is 20.2 Å². The molecule has 2 aliphatic rings. The molecule has 0 unspecified atom stereocenters. The largest absolute Gasteiger partial charge is 0.328 e. The minimum absolute atomic E-state index is 0.137. The second-order valence-corrected chi connectivity index (χ2v) is 6.39. The number of imide groups is 2. The van der Waals surface area contributed by atoms with Gasteiger partial charge >= 0.3 is 6.03 Å². The van der Waals surface area contributed by atoms with Gasteiger partial charge in [0.05, 0.1) is 0 Å². The smallest absolute Gasteiger partial charge is 0.277 e. The van der Waals surface area contributed by atoms with Crippen LogP contribution >= 0.6 is 0 Å². The quantitative estimate of drug-likeness (QED) is 0.808. The number of barbiturate groups is 1. The second-order valence-electron chi connectivity index (χ2n) is 6.39. The molecule has 1 saturated heterocycles. The van der Waals surface area contributed by atoms with E-state index in [-0.39, 0.29) is 5.41 Å². The molecular formula is C16H18N2O3. The van der Waals surface area contributed by atoms with Gasteiger partial charge < -0.3 is 0 Å². The summed E-state index contributed by atoms with van der Waals surface area (Å²) in [5.74, 6) is -1.87. The first-order chi connectivity index (χ1) is 9.88. The van der Waals surface area contributed by atoms with Crippen molar-refractivity contribution in [3.63, 3.8) is 0 Å². The van der Waals surface area contributed by atoms with Crippen molar-refractivity contribution in [3.8, 4) is 0 Å². The van der Waals surface area contributed by atoms with Crippen molar-refractivity contribution in [2.75, 3.05) is 0 Å². The highest BCUT2D eigenvalue weighted by atomic mass is 16.2. The Labute approximate surface area is 123 Å². The average Bonchev–Trinajstić information content (AvgIpc) is 2.71. The Hall–Kier alpha value is -2.17. The van der Waals surface area contributed by atoms with Crippen molar-refractivity contribution < 1.29 is 14.4 Å². The lowest BCUT2D eigenvalue weighted by Crippen LogP contribution is -2.56. The normalized spacial score (nSPS) is 21.0. The maximum atomic E-state index is 11.9. The third kappa shape index (κ3) is 2.33. The summed E-state index contributed by atoms with van der Waals surface area (Å²) in [6.45, 7) is 4.42. The van der Waals surface area contributed by atoms with E-state index in [2.05, 4.69) is 30.5 Å². The fourth-order valence-corrected chi connectivity index (χ4v) is 3.28. The van der Waals surface area contributed by atoms with Crippen LogP contribution in [0.5, 0.6) is 0 Å². The summed E-state index contributed by atoms with van der Waals surface area (Å²) >= 11 is 0. The van der Waals surface area contributed by atoms with Gasteiger partial charge in [-0.25, -0.2) is 4.79 Å². The number of rotatable bonds is 2. The zero-order valence-electron chi connectivity index (χ0n) is 12.2. The predicted octanol–water partition coefficient (Wildman–Crippen LogP) is 1.44. The van der Waals surface area contributed by atoms with E-state index >= 15 is 0 Å². The average molecular weight is 286 g/mol. The van der Waals surface area contributed by atoms with Crippen LogP contribution in [0.15, 0.2) is 18.2 Å². The van der Waals surface area contributed by atoms with Gasteiger partial charge in [-0.05, 0) is 41.4 Å². The van der Waals surface area contributed by atoms with Crippen molar-refractivity contribution in [2.24, 2.45) is 5.92 Å². The van der Waals surface area contributed by atoms with Crippen LogP contribution in [0.2, 0.25) is 0 Å². The number of nitrogens with one attached hydrogen (secondary N) is 2. The molecule has 0 aromatic heterocycles. The molecule has 1 aromatic rings. The molecule has 1 heterocycles. The zero-order chi connectivity index (χ0) is 15.2. The van der Waals surface area contributed by atoms with Crippen LogP contribution in [0, 0.1) is 5.92 Å². The number of benzene rings is 1. The van der Waals surface area contributed by atoms with Crippen LogP contribution in [0.4, 0.5) is 4.79 Å². The minimum atomic E-state index is -0.835. The summed E-state index contributed by atoms with van der Waals surface area (Å²) in [5.41, 5.74) is 3.72. The topological polar surface area (TPSA) is 75.3 Å². The third-order valence-corrected chi connectivity index (χ3v) is 4.53. The van der Waals surface area contributed by atoms with Crippen molar-refractivity contribution in [3.05, 3.63) is 34.9 Å². The summed E-state index contributed by atoms with van der Waals surface area (Å²) in [6.07, 6.45) is 2.37. The summed E-state index contributed by atoms with van der Waals surface area (Å²) in [6, 6.07) is 5.33. The van der Waals surface area contributed by atoms with E-state index in [1.807, 2.05) is 12.1 Å². The molecule has 21 heavy (non-hydrogen) atoms. The van der Waals surface area contributed by atoms with E-state index in [1.165, 1.54) is 11.1 Å². The first-order valence-electron chi connectivity index (χ1n) is 7.15. The molecule has 5 nitrogen and oxygen atoms in total. The fourth-order valence-electron chi connectivity index (χ4n) is 3.28. The Kier molecular flexibility index (Phi) is 3.08. The maximum absolute atomic E-state index is 11.9. The molecule has 0 radical (unpaired) electrons. The van der Waals surface area contributed by atoms with Crippen molar-refractivity contribution in [1.82, 2.24) is 10.6 Å². The van der Waals surface area contributed by atoms with Crippen LogP contribution in [0.25, 0.3) is 0 Å². The Morgan fingerprint density at radius 2 is 1.81 bits per heavy atom. The molecule has 3 rings (SSSR count). The van der Waals surface area contributed by atoms with Gasteiger partial charge in [0.1, 0.15) is 5.92 Å². The van der Waals surface area contributed by atoms with Crippen LogP contribution in [-0.2, 0) is 27.8 Å². The number of hydrogen-bond donors (Lipinski definition) is 2. The lowest BCUT2D eigenvalue weighted by Gasteiger charge is -2.22. The molecule has 2 N–H and O–H groups in total. The van der Waals surface area contributed by atoms with Gasteiger partial charge in [-0.1, -0.05) is 32.0 Å². The molecular weight excluding hydrogens is 268 g/mol. The molecule has 1 aliphatic heterocycles. The van der Waals surface area contributed by atoms with E-state index < -0.39 is 23.8 Å². The van der Waals surface area contributed by atoms with Crippen molar-refractivity contribution >= 4 is 17.8 Å². The SMILES string of the molecule is CC1(C)CCc2c(CC3C(=O)NC(=O)NC3=O)cccc21. The molecule has 1 aromatic carbocycles. The molecule has 0 bridgehead atoms. The number of carbonyl (C=O) groups is 3. The number of carbonyl (C=O) groups excluding carboxylic acids is 3. The Morgan fingerprint density at radius 1 is 1.14 bits per heavy atom. The van der Waals surface area contributed by atoms with Crippen LogP contribution in [0.3, 0.4) is 0 Å². The Balaban J connectivity index is 1.90. The van der Waals surface area contributed by atoms with Gasteiger partial charge in [-0.2, -0.15) is 0 Å². The standard InChI is InChI=1S/C16H18N2O3/c1-16(2)7-6-10-9(4-3-5-12(10)16)8-11-13(19)17-15(21)18-14(11)20/h3-5,11H,6-8H2,1-2H3,(H2,17,18,19,20,21). The Morgan fingerprint density at radius 3 is 2.48 bits per heavy atom. The van der Waals surface area contributed by atoms with Gasteiger partial charge in [0.15, 0.2) is 0 Å². The van der Waals surface area contributed by atoms with E-state index in [9.17, 15) is 14.4 Å². The highest BCUT2D eigenvalue weighted by Crippen LogP contribution is 2.40. The van der Waals surface area contributed by atoms with Crippen LogP contribution in [-0.4, -0.2) is 17.8 Å². The van der Waals surface area contributed by atoms with E-state index in [1.54, 1.807) is 0 Å². The predicted molar refractivity (Wildman–Crippen MR) is 76.7 cm³/mol. The lowest BCUT2D eigenvalue weighted by molar-refractivity contribution is -0.135. The highest BCUT2D eigenvalue weighted by Gasteiger charge is 2.36. The third-order valence-electron chi connectivity index (χ3n) is 4.53. The minimum Gasteiger partial charge on any atom is -0.277 e. The van der Waals surface area contributed by atoms with Gasteiger partial charge in [0, 0.05) is 0 Å². The van der Waals surface area contributed by atoms with Crippen molar-refractivity contribution in [1.29, 1.82) is 0 Å². The molecule has 0 spiro atoms. The maximum Gasteiger partial charge on any atom is 0.328 e. The summed E-state index contributed by atoms with van der Waals surface area (Å²) in [5, 5.41) is 4.31. The Bertz CT molecular complexity index is 629. The van der Waals surface area contributed by atoms with Crippen molar-refractivity contribution in [2.45, 2.75) is 38.5 Å². The highest BCUT2D eigenvalue weighted by molar-refractivity contribution is 6.16. The van der Waals surface area contributed by atoms with Crippen LogP contribution < -0.4 is 10.6 Å². The first-order valence-corrected chi connectivity index (χ1v) is 7.15. The monoisotopic (exact) mass is 286 g/mol. The fraction of sp³-hybridized carbons (Fsp3) is 0.438.